The van der Waals surface area contributed by atoms with E-state index in [1.165, 1.54) is 16.4 Å². The highest BCUT2D eigenvalue weighted by Crippen LogP contribution is 2.23. The first kappa shape index (κ1) is 15.0. The maximum atomic E-state index is 5.76. The minimum Gasteiger partial charge on any atom is -0.372 e. The van der Waals surface area contributed by atoms with Crippen LogP contribution in [0.2, 0.25) is 0 Å². The van der Waals surface area contributed by atoms with Crippen molar-refractivity contribution in [2.24, 2.45) is 0 Å². The Balaban J connectivity index is 1.84. The van der Waals surface area contributed by atoms with Crippen LogP contribution in [-0.2, 0) is 18.0 Å². The number of hydrogen-bond acceptors (Lipinski definition) is 1. The van der Waals surface area contributed by atoms with Crippen LogP contribution in [0, 0.1) is 0 Å². The van der Waals surface area contributed by atoms with Crippen LogP contribution in [-0.4, -0.2) is 13.3 Å². The van der Waals surface area contributed by atoms with Crippen LogP contribution in [0.15, 0.2) is 55.1 Å². The van der Waals surface area contributed by atoms with E-state index in [0.717, 1.165) is 5.56 Å². The molecule has 2 rings (SSSR count). The summed E-state index contributed by atoms with van der Waals surface area (Å²) < 4.78 is 5.76. The summed E-state index contributed by atoms with van der Waals surface area (Å²) in [4.78, 5) is 0. The van der Waals surface area contributed by atoms with Gasteiger partial charge in [0.05, 0.1) is 13.2 Å². The molecule has 0 spiro atoms. The molecule has 0 aliphatic rings. The Morgan fingerprint density at radius 3 is 1.85 bits per heavy atom. The molecule has 104 valence electrons. The Hall–Kier alpha value is -1.43. The molecule has 0 heterocycles. The van der Waals surface area contributed by atoms with Crippen LogP contribution in [0.25, 0.3) is 6.08 Å². The molecule has 20 heavy (non-hydrogen) atoms. The van der Waals surface area contributed by atoms with Gasteiger partial charge in [0.1, 0.15) is 0 Å². The fourth-order valence-corrected chi connectivity index (χ4v) is 2.67. The molecular formula is C18H21OP. The van der Waals surface area contributed by atoms with Crippen molar-refractivity contribution in [3.8, 4) is 0 Å². The van der Waals surface area contributed by atoms with E-state index in [2.05, 4.69) is 68.4 Å². The molecule has 2 heteroatoms. The van der Waals surface area contributed by atoms with Gasteiger partial charge in [-0.3, -0.25) is 0 Å². The zero-order valence-electron chi connectivity index (χ0n) is 12.2. The van der Waals surface area contributed by atoms with Crippen LogP contribution in [0.5, 0.6) is 0 Å². The number of ether oxygens (including phenoxy) is 1. The molecule has 0 aromatic heterocycles. The second-order valence-corrected chi connectivity index (χ2v) is 7.30. The molecular weight excluding hydrogens is 263 g/mol. The van der Waals surface area contributed by atoms with Gasteiger partial charge in [0.25, 0.3) is 0 Å². The minimum absolute atomic E-state index is 0.0108. The molecule has 0 saturated carbocycles. The monoisotopic (exact) mass is 284 g/mol. The van der Waals surface area contributed by atoms with E-state index in [-0.39, 0.29) is 7.92 Å². The van der Waals surface area contributed by atoms with Crippen molar-refractivity contribution in [2.75, 3.05) is 13.3 Å². The number of benzene rings is 2. The predicted molar refractivity (Wildman–Crippen MR) is 89.9 cm³/mol. The summed E-state index contributed by atoms with van der Waals surface area (Å²) in [5, 5.41) is 1.43. The van der Waals surface area contributed by atoms with Gasteiger partial charge < -0.3 is 4.74 Å². The molecule has 0 fully saturated rings. The fraction of sp³-hybridized carbons (Fsp3) is 0.222. The molecule has 0 atom stereocenters. The van der Waals surface area contributed by atoms with Crippen molar-refractivity contribution in [3.63, 3.8) is 0 Å². The van der Waals surface area contributed by atoms with Crippen molar-refractivity contribution in [1.29, 1.82) is 0 Å². The van der Waals surface area contributed by atoms with Gasteiger partial charge in [-0.1, -0.05) is 69.1 Å². The number of rotatable bonds is 6. The molecule has 2 aromatic carbocycles. The lowest BCUT2D eigenvalue weighted by atomic mass is 10.1. The van der Waals surface area contributed by atoms with Crippen molar-refractivity contribution in [3.05, 3.63) is 71.8 Å². The lowest BCUT2D eigenvalue weighted by Crippen LogP contribution is -2.00. The first-order valence-electron chi connectivity index (χ1n) is 6.74. The molecule has 2 aromatic rings. The Bertz CT molecular complexity index is 541. The SMILES string of the molecule is C=Cc1ccc(COCc2ccc(P(C)C)cc2)cc1. The van der Waals surface area contributed by atoms with Crippen LogP contribution in [0.1, 0.15) is 16.7 Å². The molecule has 0 radical (unpaired) electrons. The van der Waals surface area contributed by atoms with Gasteiger partial charge in [-0.05, 0) is 35.3 Å². The van der Waals surface area contributed by atoms with E-state index >= 15 is 0 Å². The first-order valence-corrected chi connectivity index (χ1v) is 8.98. The maximum Gasteiger partial charge on any atom is 0.0721 e. The summed E-state index contributed by atoms with van der Waals surface area (Å²) >= 11 is 0. The molecule has 0 aliphatic carbocycles. The van der Waals surface area contributed by atoms with E-state index in [9.17, 15) is 0 Å². The summed E-state index contributed by atoms with van der Waals surface area (Å²) in [6.45, 7) is 9.60. The fourth-order valence-electron chi connectivity index (χ4n) is 1.93. The van der Waals surface area contributed by atoms with Gasteiger partial charge in [0, 0.05) is 0 Å². The smallest absolute Gasteiger partial charge is 0.0721 e. The average Bonchev–Trinajstić information content (AvgIpc) is 2.48. The second-order valence-electron chi connectivity index (χ2n) is 5.00. The standard InChI is InChI=1S/C18H21OP/c1-4-15-5-7-16(8-6-15)13-19-14-17-9-11-18(12-10-17)20(2)3/h4-12H,1,13-14H2,2-3H3. The van der Waals surface area contributed by atoms with Crippen molar-refractivity contribution < 1.29 is 4.74 Å². The molecule has 0 unspecified atom stereocenters. The van der Waals surface area contributed by atoms with Crippen LogP contribution in [0.4, 0.5) is 0 Å². The number of hydrogen-bond donors (Lipinski definition) is 0. The van der Waals surface area contributed by atoms with E-state index in [1.54, 1.807) is 0 Å². The van der Waals surface area contributed by atoms with Crippen molar-refractivity contribution in [1.82, 2.24) is 0 Å². The van der Waals surface area contributed by atoms with Gasteiger partial charge in [-0.15, -0.1) is 0 Å². The summed E-state index contributed by atoms with van der Waals surface area (Å²) in [5.74, 6) is 0. The molecule has 0 aliphatic heterocycles. The van der Waals surface area contributed by atoms with E-state index in [0.29, 0.717) is 13.2 Å². The Labute approximate surface area is 123 Å². The zero-order valence-corrected chi connectivity index (χ0v) is 13.1. The quantitative estimate of drug-likeness (QED) is 0.714. The van der Waals surface area contributed by atoms with E-state index in [4.69, 9.17) is 4.74 Å². The Kier molecular flexibility index (Phi) is 5.52. The predicted octanol–water partition coefficient (Wildman–Crippen LogP) is 4.41. The summed E-state index contributed by atoms with van der Waals surface area (Å²) in [7, 11) is -0.0108. The highest BCUT2D eigenvalue weighted by Gasteiger charge is 1.99. The molecule has 0 saturated heterocycles. The molecule has 0 bridgehead atoms. The Morgan fingerprint density at radius 1 is 0.900 bits per heavy atom. The molecule has 1 nitrogen and oxygen atoms in total. The van der Waals surface area contributed by atoms with Crippen LogP contribution >= 0.6 is 7.92 Å². The van der Waals surface area contributed by atoms with E-state index < -0.39 is 0 Å². The third kappa shape index (κ3) is 4.30. The van der Waals surface area contributed by atoms with Crippen molar-refractivity contribution in [2.45, 2.75) is 13.2 Å². The summed E-state index contributed by atoms with van der Waals surface area (Å²) in [6.07, 6.45) is 1.85. The van der Waals surface area contributed by atoms with Gasteiger partial charge in [-0.2, -0.15) is 0 Å². The van der Waals surface area contributed by atoms with E-state index in [1.807, 2.05) is 6.08 Å². The highest BCUT2D eigenvalue weighted by molar-refractivity contribution is 7.64. The normalized spacial score (nSPS) is 10.8. The van der Waals surface area contributed by atoms with Gasteiger partial charge >= 0.3 is 0 Å². The average molecular weight is 284 g/mol. The minimum atomic E-state index is -0.0108. The summed E-state index contributed by atoms with van der Waals surface area (Å²) in [5.41, 5.74) is 3.56. The Morgan fingerprint density at radius 2 is 1.40 bits per heavy atom. The third-order valence-electron chi connectivity index (χ3n) is 3.21. The van der Waals surface area contributed by atoms with Gasteiger partial charge in [0.15, 0.2) is 0 Å². The van der Waals surface area contributed by atoms with Crippen LogP contribution < -0.4 is 5.30 Å². The lowest BCUT2D eigenvalue weighted by Gasteiger charge is -2.08. The third-order valence-corrected chi connectivity index (χ3v) is 4.54. The largest absolute Gasteiger partial charge is 0.372 e. The first-order chi connectivity index (χ1) is 9.69. The highest BCUT2D eigenvalue weighted by atomic mass is 31.1. The topological polar surface area (TPSA) is 9.23 Å². The maximum absolute atomic E-state index is 5.76. The summed E-state index contributed by atoms with van der Waals surface area (Å²) in [6, 6.07) is 17.0. The lowest BCUT2D eigenvalue weighted by molar-refractivity contribution is 0.107. The van der Waals surface area contributed by atoms with Gasteiger partial charge in [0.2, 0.25) is 0 Å². The zero-order chi connectivity index (χ0) is 14.4. The van der Waals surface area contributed by atoms with Crippen LogP contribution in [0.3, 0.4) is 0 Å². The second kappa shape index (κ2) is 7.38. The van der Waals surface area contributed by atoms with Crippen molar-refractivity contribution >= 4 is 19.3 Å². The molecule has 0 N–H and O–H groups in total. The van der Waals surface area contributed by atoms with Gasteiger partial charge in [-0.25, -0.2) is 0 Å². The molecule has 0 amide bonds.